The summed E-state index contributed by atoms with van der Waals surface area (Å²) in [6.45, 7) is 2.63. The Balaban J connectivity index is 1.43. The Morgan fingerprint density at radius 3 is 2.43 bits per heavy atom. The first-order chi connectivity index (χ1) is 14.5. The van der Waals surface area contributed by atoms with E-state index >= 15 is 0 Å². The molecule has 0 saturated carbocycles. The molecule has 0 bridgehead atoms. The average Bonchev–Trinajstić information content (AvgIpc) is 3.40. The van der Waals surface area contributed by atoms with E-state index in [0.717, 1.165) is 24.1 Å². The molecule has 2 heterocycles. The van der Waals surface area contributed by atoms with Crippen molar-refractivity contribution in [1.82, 2.24) is 15.1 Å². The molecule has 1 aliphatic heterocycles. The van der Waals surface area contributed by atoms with Gasteiger partial charge in [-0.1, -0.05) is 40.6 Å². The first-order valence-corrected chi connectivity index (χ1v) is 10.7. The van der Waals surface area contributed by atoms with E-state index in [0.29, 0.717) is 22.3 Å². The zero-order valence-corrected chi connectivity index (χ0v) is 17.8. The van der Waals surface area contributed by atoms with Crippen LogP contribution >= 0.6 is 22.9 Å². The number of halogens is 1. The zero-order chi connectivity index (χ0) is 21.1. The number of nitrogens with one attached hydrogen (secondary N) is 2. The summed E-state index contributed by atoms with van der Waals surface area (Å²) in [7, 11) is 0. The van der Waals surface area contributed by atoms with Crippen molar-refractivity contribution in [3.63, 3.8) is 0 Å². The Kier molecular flexibility index (Phi) is 5.96. The van der Waals surface area contributed by atoms with Crippen LogP contribution in [0.15, 0.2) is 48.5 Å². The summed E-state index contributed by atoms with van der Waals surface area (Å²) >= 11 is 7.08. The molecule has 0 aliphatic carbocycles. The first-order valence-electron chi connectivity index (χ1n) is 9.54. The molecular weight excluding hydrogens is 422 g/mol. The molecule has 154 valence electrons. The largest absolute Gasteiger partial charge is 0.322 e. The van der Waals surface area contributed by atoms with E-state index in [-0.39, 0.29) is 23.0 Å². The molecule has 1 aromatic heterocycles. The van der Waals surface area contributed by atoms with Gasteiger partial charge in [0.1, 0.15) is 5.01 Å². The molecule has 2 aromatic carbocycles. The standard InChI is InChI=1S/C21H20ClN5O2S/c1-13-4-8-16(9-5-13)24-21(29)27-12-2-3-17(27)19-25-26-20(30-19)18(28)23-15-10-6-14(22)7-11-15/h4-11,17H,2-3,12H2,1H3,(H,23,28)(H,24,29)/t17-/m1/s1. The van der Waals surface area contributed by atoms with Gasteiger partial charge in [0.05, 0.1) is 6.04 Å². The van der Waals surface area contributed by atoms with Gasteiger partial charge in [-0.3, -0.25) is 4.79 Å². The lowest BCUT2D eigenvalue weighted by Crippen LogP contribution is -2.34. The number of rotatable bonds is 4. The van der Waals surface area contributed by atoms with Gasteiger partial charge < -0.3 is 15.5 Å². The Morgan fingerprint density at radius 1 is 1.03 bits per heavy atom. The van der Waals surface area contributed by atoms with Crippen molar-refractivity contribution >= 4 is 46.3 Å². The summed E-state index contributed by atoms with van der Waals surface area (Å²) in [5.41, 5.74) is 2.50. The second-order valence-corrected chi connectivity index (χ2v) is 8.50. The Bertz CT molecular complexity index is 1050. The van der Waals surface area contributed by atoms with Crippen molar-refractivity contribution in [1.29, 1.82) is 0 Å². The molecular formula is C21H20ClN5O2S. The highest BCUT2D eigenvalue weighted by atomic mass is 35.5. The fourth-order valence-electron chi connectivity index (χ4n) is 3.28. The van der Waals surface area contributed by atoms with Gasteiger partial charge in [0.15, 0.2) is 0 Å². The van der Waals surface area contributed by atoms with Crippen LogP contribution in [0.2, 0.25) is 5.02 Å². The maximum atomic E-state index is 12.8. The van der Waals surface area contributed by atoms with Crippen LogP contribution in [0.5, 0.6) is 0 Å². The van der Waals surface area contributed by atoms with Gasteiger partial charge in [-0.2, -0.15) is 0 Å². The van der Waals surface area contributed by atoms with Crippen LogP contribution in [-0.4, -0.2) is 33.6 Å². The molecule has 0 radical (unpaired) electrons. The van der Waals surface area contributed by atoms with Gasteiger partial charge in [0.25, 0.3) is 5.91 Å². The number of hydrogen-bond acceptors (Lipinski definition) is 5. The summed E-state index contributed by atoms with van der Waals surface area (Å²) < 4.78 is 0. The van der Waals surface area contributed by atoms with E-state index < -0.39 is 0 Å². The van der Waals surface area contributed by atoms with Crippen LogP contribution in [-0.2, 0) is 0 Å². The first kappa shape index (κ1) is 20.3. The molecule has 4 rings (SSSR count). The number of likely N-dealkylation sites (tertiary alicyclic amines) is 1. The number of aryl methyl sites for hydroxylation is 1. The van der Waals surface area contributed by atoms with Crippen LogP contribution < -0.4 is 10.6 Å². The maximum absolute atomic E-state index is 12.8. The monoisotopic (exact) mass is 441 g/mol. The molecule has 0 spiro atoms. The highest BCUT2D eigenvalue weighted by Gasteiger charge is 2.33. The van der Waals surface area contributed by atoms with E-state index in [4.69, 9.17) is 11.6 Å². The van der Waals surface area contributed by atoms with Gasteiger partial charge in [-0.25, -0.2) is 4.79 Å². The van der Waals surface area contributed by atoms with Crippen molar-refractivity contribution in [3.8, 4) is 0 Å². The van der Waals surface area contributed by atoms with Crippen molar-refractivity contribution in [2.24, 2.45) is 0 Å². The second-order valence-electron chi connectivity index (χ2n) is 7.05. The van der Waals surface area contributed by atoms with Gasteiger partial charge in [-0.05, 0) is 56.2 Å². The topological polar surface area (TPSA) is 87.2 Å². The molecule has 1 saturated heterocycles. The molecule has 9 heteroatoms. The number of anilines is 2. The van der Waals surface area contributed by atoms with E-state index in [1.807, 2.05) is 31.2 Å². The number of aromatic nitrogens is 2. The molecule has 2 N–H and O–H groups in total. The molecule has 7 nitrogen and oxygen atoms in total. The lowest BCUT2D eigenvalue weighted by atomic mass is 10.2. The summed E-state index contributed by atoms with van der Waals surface area (Å²) in [5.74, 6) is -0.338. The number of amides is 3. The normalized spacial score (nSPS) is 15.8. The predicted octanol–water partition coefficient (Wildman–Crippen LogP) is 5.12. The number of benzene rings is 2. The van der Waals surface area contributed by atoms with Gasteiger partial charge >= 0.3 is 6.03 Å². The number of urea groups is 1. The summed E-state index contributed by atoms with van der Waals surface area (Å²) in [6, 6.07) is 14.1. The Morgan fingerprint density at radius 2 is 1.70 bits per heavy atom. The van der Waals surface area contributed by atoms with Gasteiger partial charge in [0, 0.05) is 22.9 Å². The van der Waals surface area contributed by atoms with Crippen LogP contribution in [0.25, 0.3) is 0 Å². The number of carbonyl (C=O) groups excluding carboxylic acids is 2. The lowest BCUT2D eigenvalue weighted by molar-refractivity contribution is 0.102. The van der Waals surface area contributed by atoms with Crippen molar-refractivity contribution in [3.05, 3.63) is 69.1 Å². The van der Waals surface area contributed by atoms with E-state index in [2.05, 4.69) is 20.8 Å². The van der Waals surface area contributed by atoms with Crippen molar-refractivity contribution in [2.45, 2.75) is 25.8 Å². The fourth-order valence-corrected chi connectivity index (χ4v) is 4.29. The molecule has 3 aromatic rings. The average molecular weight is 442 g/mol. The third-order valence-electron chi connectivity index (χ3n) is 4.84. The zero-order valence-electron chi connectivity index (χ0n) is 16.3. The molecule has 3 amide bonds. The number of nitrogens with zero attached hydrogens (tertiary/aromatic N) is 3. The minimum absolute atomic E-state index is 0.177. The number of carbonyl (C=O) groups is 2. The quantitative estimate of drug-likeness (QED) is 0.588. The van der Waals surface area contributed by atoms with Crippen LogP contribution in [0, 0.1) is 6.92 Å². The van der Waals surface area contributed by atoms with E-state index in [1.165, 1.54) is 11.3 Å². The highest BCUT2D eigenvalue weighted by Crippen LogP contribution is 2.34. The fraction of sp³-hybridized carbons (Fsp3) is 0.238. The van der Waals surface area contributed by atoms with E-state index in [1.54, 1.807) is 29.2 Å². The predicted molar refractivity (Wildman–Crippen MR) is 118 cm³/mol. The van der Waals surface area contributed by atoms with Crippen molar-refractivity contribution < 1.29 is 9.59 Å². The summed E-state index contributed by atoms with van der Waals surface area (Å²) in [4.78, 5) is 27.0. The van der Waals surface area contributed by atoms with Crippen LogP contribution in [0.1, 0.15) is 39.3 Å². The smallest absolute Gasteiger partial charge is 0.320 e. The Hall–Kier alpha value is -2.97. The molecule has 1 fully saturated rings. The second kappa shape index (κ2) is 8.81. The van der Waals surface area contributed by atoms with Crippen LogP contribution in [0.3, 0.4) is 0 Å². The third-order valence-corrected chi connectivity index (χ3v) is 6.11. The highest BCUT2D eigenvalue weighted by molar-refractivity contribution is 7.13. The summed E-state index contributed by atoms with van der Waals surface area (Å²) in [6.07, 6.45) is 1.66. The SMILES string of the molecule is Cc1ccc(NC(=O)N2CCC[C@@H]2c2nnc(C(=O)Nc3ccc(Cl)cc3)s2)cc1. The number of hydrogen-bond donors (Lipinski definition) is 2. The summed E-state index contributed by atoms with van der Waals surface area (Å²) in [5, 5.41) is 15.4. The molecule has 30 heavy (non-hydrogen) atoms. The van der Waals surface area contributed by atoms with Gasteiger partial charge in [-0.15, -0.1) is 10.2 Å². The third kappa shape index (κ3) is 4.60. The minimum atomic E-state index is -0.338. The molecule has 1 atom stereocenters. The molecule has 0 unspecified atom stereocenters. The van der Waals surface area contributed by atoms with Crippen LogP contribution in [0.4, 0.5) is 16.2 Å². The lowest BCUT2D eigenvalue weighted by Gasteiger charge is -2.23. The van der Waals surface area contributed by atoms with Crippen molar-refractivity contribution in [2.75, 3.05) is 17.2 Å². The van der Waals surface area contributed by atoms with Gasteiger partial charge in [0.2, 0.25) is 5.01 Å². The molecule has 1 aliphatic rings. The maximum Gasteiger partial charge on any atom is 0.322 e. The Labute approximate surface area is 183 Å². The van der Waals surface area contributed by atoms with E-state index in [9.17, 15) is 9.59 Å². The minimum Gasteiger partial charge on any atom is -0.320 e.